The summed E-state index contributed by atoms with van der Waals surface area (Å²) < 4.78 is 34.8. The Labute approximate surface area is 139 Å². The molecule has 3 rings (SSSR count). The van der Waals surface area contributed by atoms with Gasteiger partial charge in [-0.2, -0.15) is 17.0 Å². The summed E-state index contributed by atoms with van der Waals surface area (Å²) in [6.45, 7) is 2.50. The van der Waals surface area contributed by atoms with Crippen LogP contribution >= 0.6 is 0 Å². The highest BCUT2D eigenvalue weighted by molar-refractivity contribution is 7.86. The van der Waals surface area contributed by atoms with Gasteiger partial charge in [0.25, 0.3) is 10.2 Å². The van der Waals surface area contributed by atoms with Crippen LogP contribution in [0.4, 0.5) is 0 Å². The van der Waals surface area contributed by atoms with Gasteiger partial charge >= 0.3 is 0 Å². The Morgan fingerprint density at radius 2 is 1.74 bits per heavy atom. The largest absolute Gasteiger partial charge is 0.379 e. The summed E-state index contributed by atoms with van der Waals surface area (Å²) in [6.07, 6.45) is 4.99. The van der Waals surface area contributed by atoms with Crippen LogP contribution in [0.15, 0.2) is 30.3 Å². The Kier molecular flexibility index (Phi) is 5.69. The van der Waals surface area contributed by atoms with Crippen LogP contribution in [-0.4, -0.2) is 55.9 Å². The minimum Gasteiger partial charge on any atom is -0.379 e. The van der Waals surface area contributed by atoms with Crippen molar-refractivity contribution in [3.8, 4) is 0 Å². The molecule has 0 amide bonds. The fourth-order valence-electron chi connectivity index (χ4n) is 3.49. The van der Waals surface area contributed by atoms with Crippen LogP contribution in [0.5, 0.6) is 0 Å². The van der Waals surface area contributed by atoms with Crippen LogP contribution in [0.1, 0.15) is 31.2 Å². The van der Waals surface area contributed by atoms with Crippen LogP contribution in [0.25, 0.3) is 0 Å². The Balaban J connectivity index is 1.74. The van der Waals surface area contributed by atoms with Crippen molar-refractivity contribution in [1.82, 2.24) is 8.61 Å². The van der Waals surface area contributed by atoms with Gasteiger partial charge in [0.2, 0.25) is 0 Å². The third kappa shape index (κ3) is 4.12. The summed E-state index contributed by atoms with van der Waals surface area (Å²) in [4.78, 5) is 0. The SMILES string of the molecule is O=S(=O)(N1CCOCC1)N(CCc1ccccc1)C1CCCC1. The van der Waals surface area contributed by atoms with E-state index in [4.69, 9.17) is 4.74 Å². The van der Waals surface area contributed by atoms with E-state index in [2.05, 4.69) is 12.1 Å². The van der Waals surface area contributed by atoms with Gasteiger partial charge in [0.15, 0.2) is 0 Å². The Bertz CT molecular complexity index is 579. The summed E-state index contributed by atoms with van der Waals surface area (Å²) in [5.41, 5.74) is 1.19. The third-order valence-electron chi connectivity index (χ3n) is 4.79. The van der Waals surface area contributed by atoms with Crippen LogP contribution in [0.2, 0.25) is 0 Å². The van der Waals surface area contributed by atoms with E-state index in [9.17, 15) is 8.42 Å². The molecule has 6 heteroatoms. The predicted octanol–water partition coefficient (Wildman–Crippen LogP) is 2.05. The summed E-state index contributed by atoms with van der Waals surface area (Å²) in [5.74, 6) is 0. The highest BCUT2D eigenvalue weighted by Gasteiger charge is 2.36. The lowest BCUT2D eigenvalue weighted by atomic mass is 10.1. The highest BCUT2D eigenvalue weighted by Crippen LogP contribution is 2.27. The first-order valence-corrected chi connectivity index (χ1v) is 9.96. The first kappa shape index (κ1) is 16.9. The Hall–Kier alpha value is -0.950. The van der Waals surface area contributed by atoms with Crippen molar-refractivity contribution in [3.05, 3.63) is 35.9 Å². The molecule has 1 saturated carbocycles. The van der Waals surface area contributed by atoms with E-state index in [-0.39, 0.29) is 6.04 Å². The van der Waals surface area contributed by atoms with E-state index in [0.29, 0.717) is 32.8 Å². The quantitative estimate of drug-likeness (QED) is 0.798. The molecule has 128 valence electrons. The van der Waals surface area contributed by atoms with Gasteiger partial charge in [-0.1, -0.05) is 43.2 Å². The second-order valence-electron chi connectivity index (χ2n) is 6.30. The molecule has 1 aliphatic heterocycles. The Morgan fingerprint density at radius 3 is 2.39 bits per heavy atom. The van der Waals surface area contributed by atoms with Gasteiger partial charge in [0.1, 0.15) is 0 Å². The molecule has 0 aromatic heterocycles. The lowest BCUT2D eigenvalue weighted by Crippen LogP contribution is -2.51. The molecule has 1 saturated heterocycles. The third-order valence-corrected chi connectivity index (χ3v) is 6.88. The molecule has 5 nitrogen and oxygen atoms in total. The normalized spacial score (nSPS) is 21.1. The number of nitrogens with zero attached hydrogens (tertiary/aromatic N) is 2. The number of benzene rings is 1. The van der Waals surface area contributed by atoms with Crippen molar-refractivity contribution in [3.63, 3.8) is 0 Å². The topological polar surface area (TPSA) is 49.9 Å². The van der Waals surface area contributed by atoms with E-state index < -0.39 is 10.2 Å². The monoisotopic (exact) mass is 338 g/mol. The van der Waals surface area contributed by atoms with Gasteiger partial charge in [-0.05, 0) is 24.8 Å². The zero-order chi connectivity index (χ0) is 16.1. The predicted molar refractivity (Wildman–Crippen MR) is 90.4 cm³/mol. The van der Waals surface area contributed by atoms with Gasteiger partial charge < -0.3 is 4.74 Å². The van der Waals surface area contributed by atoms with Crippen LogP contribution in [0, 0.1) is 0 Å². The molecule has 23 heavy (non-hydrogen) atoms. The zero-order valence-electron chi connectivity index (χ0n) is 13.6. The van der Waals surface area contributed by atoms with E-state index >= 15 is 0 Å². The molecular formula is C17H26N2O3S. The van der Waals surface area contributed by atoms with Crippen molar-refractivity contribution in [1.29, 1.82) is 0 Å². The maximum Gasteiger partial charge on any atom is 0.282 e. The Morgan fingerprint density at radius 1 is 1.09 bits per heavy atom. The van der Waals surface area contributed by atoms with E-state index in [1.54, 1.807) is 8.61 Å². The van der Waals surface area contributed by atoms with E-state index in [0.717, 1.165) is 32.1 Å². The van der Waals surface area contributed by atoms with Gasteiger partial charge in [-0.15, -0.1) is 0 Å². The van der Waals surface area contributed by atoms with Gasteiger partial charge in [0, 0.05) is 25.7 Å². The molecule has 1 aromatic rings. The van der Waals surface area contributed by atoms with Gasteiger partial charge in [-0.25, -0.2) is 0 Å². The lowest BCUT2D eigenvalue weighted by Gasteiger charge is -2.35. The van der Waals surface area contributed by atoms with Crippen molar-refractivity contribution < 1.29 is 13.2 Å². The second kappa shape index (κ2) is 7.75. The number of rotatable bonds is 6. The van der Waals surface area contributed by atoms with Crippen LogP contribution in [-0.2, 0) is 21.4 Å². The standard InChI is InChI=1S/C17H26N2O3S/c20-23(21,18-12-14-22-15-13-18)19(17-8-4-5-9-17)11-10-16-6-2-1-3-7-16/h1-3,6-7,17H,4-5,8-15H2. The maximum atomic E-state index is 13.1. The molecule has 0 bridgehead atoms. The van der Waals surface area contributed by atoms with E-state index in [1.165, 1.54) is 5.56 Å². The number of morpholine rings is 1. The van der Waals surface area contributed by atoms with Crippen molar-refractivity contribution >= 4 is 10.2 Å². The van der Waals surface area contributed by atoms with Crippen molar-refractivity contribution in [2.75, 3.05) is 32.8 Å². The summed E-state index contributed by atoms with van der Waals surface area (Å²) in [6, 6.07) is 10.3. The first-order chi connectivity index (χ1) is 11.2. The molecule has 2 aliphatic rings. The molecule has 1 aromatic carbocycles. The average molecular weight is 338 g/mol. The molecule has 1 heterocycles. The molecule has 0 radical (unpaired) electrons. The zero-order valence-corrected chi connectivity index (χ0v) is 14.4. The number of hydrogen-bond acceptors (Lipinski definition) is 3. The molecule has 0 spiro atoms. The molecular weight excluding hydrogens is 312 g/mol. The summed E-state index contributed by atoms with van der Waals surface area (Å²) in [7, 11) is -3.39. The summed E-state index contributed by atoms with van der Waals surface area (Å²) in [5, 5.41) is 0. The van der Waals surface area contributed by atoms with Crippen molar-refractivity contribution in [2.24, 2.45) is 0 Å². The minimum absolute atomic E-state index is 0.159. The average Bonchev–Trinajstić information content (AvgIpc) is 3.11. The summed E-state index contributed by atoms with van der Waals surface area (Å²) >= 11 is 0. The fourth-order valence-corrected chi connectivity index (χ4v) is 5.30. The smallest absolute Gasteiger partial charge is 0.282 e. The molecule has 0 unspecified atom stereocenters. The maximum absolute atomic E-state index is 13.1. The molecule has 0 atom stereocenters. The lowest BCUT2D eigenvalue weighted by molar-refractivity contribution is 0.0692. The van der Waals surface area contributed by atoms with Crippen molar-refractivity contribution in [2.45, 2.75) is 38.1 Å². The van der Waals surface area contributed by atoms with Gasteiger partial charge in [-0.3, -0.25) is 0 Å². The molecule has 0 N–H and O–H groups in total. The van der Waals surface area contributed by atoms with Gasteiger partial charge in [0.05, 0.1) is 13.2 Å². The fraction of sp³-hybridized carbons (Fsp3) is 0.647. The van der Waals surface area contributed by atoms with Crippen LogP contribution in [0.3, 0.4) is 0 Å². The van der Waals surface area contributed by atoms with E-state index in [1.807, 2.05) is 18.2 Å². The number of hydrogen-bond donors (Lipinski definition) is 0. The van der Waals surface area contributed by atoms with Crippen LogP contribution < -0.4 is 0 Å². The minimum atomic E-state index is -3.39. The second-order valence-corrected chi connectivity index (χ2v) is 8.18. The highest BCUT2D eigenvalue weighted by atomic mass is 32.2. The number of ether oxygens (including phenoxy) is 1. The molecule has 2 fully saturated rings. The first-order valence-electron chi connectivity index (χ1n) is 8.56. The molecule has 1 aliphatic carbocycles.